The number of alkyl halides is 3. The molecular formula is C15H13BrF3N3O2. The van der Waals surface area contributed by atoms with Crippen molar-refractivity contribution >= 4 is 28.0 Å². The van der Waals surface area contributed by atoms with Crippen LogP contribution in [0.5, 0.6) is 11.5 Å². The van der Waals surface area contributed by atoms with Crippen LogP contribution in [0, 0.1) is 0 Å². The highest BCUT2D eigenvalue weighted by molar-refractivity contribution is 9.10. The molecule has 0 saturated heterocycles. The maximum atomic E-state index is 12.4. The minimum atomic E-state index is -4.44. The van der Waals surface area contributed by atoms with Crippen molar-refractivity contribution in [2.24, 2.45) is 5.10 Å². The second kappa shape index (κ2) is 7.52. The molecule has 2 rings (SSSR count). The highest BCUT2D eigenvalue weighted by atomic mass is 79.9. The Kier molecular flexibility index (Phi) is 5.66. The molecule has 0 radical (unpaired) electrons. The zero-order chi connectivity index (χ0) is 17.7. The van der Waals surface area contributed by atoms with Crippen molar-refractivity contribution in [2.75, 3.05) is 12.0 Å². The summed E-state index contributed by atoms with van der Waals surface area (Å²) in [6, 6.07) is 5.28. The molecule has 2 aromatic rings. The Hall–Kier alpha value is -2.29. The molecule has 0 amide bonds. The number of phenols is 1. The molecule has 0 aliphatic heterocycles. The van der Waals surface area contributed by atoms with E-state index in [1.807, 2.05) is 0 Å². The van der Waals surface area contributed by atoms with E-state index < -0.39 is 11.7 Å². The maximum Gasteiger partial charge on any atom is 0.417 e. The minimum absolute atomic E-state index is 0.0917. The number of aromatic nitrogens is 1. The molecule has 0 unspecified atom stereocenters. The summed E-state index contributed by atoms with van der Waals surface area (Å²) in [5, 5.41) is 13.9. The van der Waals surface area contributed by atoms with Crippen LogP contribution in [-0.4, -0.2) is 22.9 Å². The smallest absolute Gasteiger partial charge is 0.417 e. The molecule has 0 fully saturated rings. The van der Waals surface area contributed by atoms with Crippen LogP contribution in [0.25, 0.3) is 0 Å². The summed E-state index contributed by atoms with van der Waals surface area (Å²) in [5.74, 6) is 0.339. The van der Waals surface area contributed by atoms with Gasteiger partial charge < -0.3 is 9.84 Å². The van der Waals surface area contributed by atoms with Gasteiger partial charge in [-0.05, 0) is 31.2 Å². The van der Waals surface area contributed by atoms with E-state index in [9.17, 15) is 18.3 Å². The molecule has 128 valence electrons. The quantitative estimate of drug-likeness (QED) is 0.572. The van der Waals surface area contributed by atoms with E-state index in [2.05, 4.69) is 31.4 Å². The van der Waals surface area contributed by atoms with Crippen molar-refractivity contribution in [3.8, 4) is 11.5 Å². The summed E-state index contributed by atoms with van der Waals surface area (Å²) in [4.78, 5) is 3.62. The molecule has 2 N–H and O–H groups in total. The number of ether oxygens (including phenoxy) is 1. The van der Waals surface area contributed by atoms with E-state index in [-0.39, 0.29) is 11.6 Å². The molecule has 9 heteroatoms. The lowest BCUT2D eigenvalue weighted by Crippen LogP contribution is -2.05. The van der Waals surface area contributed by atoms with Gasteiger partial charge in [0.15, 0.2) is 11.5 Å². The summed E-state index contributed by atoms with van der Waals surface area (Å²) < 4.78 is 43.3. The van der Waals surface area contributed by atoms with Gasteiger partial charge in [-0.2, -0.15) is 18.3 Å². The number of pyridine rings is 1. The van der Waals surface area contributed by atoms with Gasteiger partial charge in [0, 0.05) is 16.2 Å². The Morgan fingerprint density at radius 1 is 1.38 bits per heavy atom. The molecule has 24 heavy (non-hydrogen) atoms. The highest BCUT2D eigenvalue weighted by Gasteiger charge is 2.30. The third-order valence-electron chi connectivity index (χ3n) is 2.84. The first kappa shape index (κ1) is 18.1. The number of nitrogens with zero attached hydrogens (tertiary/aromatic N) is 2. The van der Waals surface area contributed by atoms with Crippen LogP contribution in [0.4, 0.5) is 19.0 Å². The molecule has 1 aromatic heterocycles. The number of halogens is 4. The maximum absolute atomic E-state index is 12.4. The number of anilines is 1. The summed E-state index contributed by atoms with van der Waals surface area (Å²) >= 11 is 3.29. The Bertz CT molecular complexity index is 734. The number of phenolic OH excluding ortho intramolecular Hbond substituents is 1. The first-order valence-electron chi connectivity index (χ1n) is 6.79. The van der Waals surface area contributed by atoms with Gasteiger partial charge in [0.2, 0.25) is 0 Å². The lowest BCUT2D eigenvalue weighted by molar-refractivity contribution is -0.137. The third-order valence-corrected chi connectivity index (χ3v) is 3.30. The normalized spacial score (nSPS) is 11.7. The topological polar surface area (TPSA) is 66.7 Å². The fourth-order valence-corrected chi connectivity index (χ4v) is 2.21. The van der Waals surface area contributed by atoms with Crippen LogP contribution < -0.4 is 10.2 Å². The van der Waals surface area contributed by atoms with Gasteiger partial charge in [-0.25, -0.2) is 4.98 Å². The highest BCUT2D eigenvalue weighted by Crippen LogP contribution is 2.33. The predicted molar refractivity (Wildman–Crippen MR) is 87.4 cm³/mol. The Labute approximate surface area is 144 Å². The molecule has 1 heterocycles. The van der Waals surface area contributed by atoms with E-state index in [1.165, 1.54) is 6.21 Å². The van der Waals surface area contributed by atoms with Crippen molar-refractivity contribution in [1.29, 1.82) is 0 Å². The van der Waals surface area contributed by atoms with E-state index in [0.29, 0.717) is 28.6 Å². The number of benzene rings is 1. The molecule has 1 aromatic carbocycles. The van der Waals surface area contributed by atoms with E-state index in [4.69, 9.17) is 4.74 Å². The van der Waals surface area contributed by atoms with Crippen molar-refractivity contribution in [2.45, 2.75) is 13.1 Å². The van der Waals surface area contributed by atoms with E-state index >= 15 is 0 Å². The summed E-state index contributed by atoms with van der Waals surface area (Å²) in [6.45, 7) is 2.17. The van der Waals surface area contributed by atoms with E-state index in [1.54, 1.807) is 19.1 Å². The van der Waals surface area contributed by atoms with Crippen molar-refractivity contribution < 1.29 is 23.0 Å². The molecule has 0 aliphatic carbocycles. The molecular weight excluding hydrogens is 391 g/mol. The van der Waals surface area contributed by atoms with E-state index in [0.717, 1.165) is 12.1 Å². The van der Waals surface area contributed by atoms with Gasteiger partial charge in [0.05, 0.1) is 18.4 Å². The predicted octanol–water partition coefficient (Wildman–Crippen LogP) is 4.41. The molecule has 0 aliphatic rings. The molecule has 0 atom stereocenters. The Morgan fingerprint density at radius 2 is 2.12 bits per heavy atom. The monoisotopic (exact) mass is 403 g/mol. The number of nitrogens with one attached hydrogen (secondary N) is 1. The van der Waals surface area contributed by atoms with Crippen LogP contribution in [-0.2, 0) is 6.18 Å². The third kappa shape index (κ3) is 4.60. The zero-order valence-electron chi connectivity index (χ0n) is 12.4. The van der Waals surface area contributed by atoms with Crippen molar-refractivity contribution in [3.63, 3.8) is 0 Å². The van der Waals surface area contributed by atoms with Gasteiger partial charge in [-0.15, -0.1) is 0 Å². The fraction of sp³-hybridized carbons (Fsp3) is 0.200. The van der Waals surface area contributed by atoms with Gasteiger partial charge in [0.25, 0.3) is 0 Å². The van der Waals surface area contributed by atoms with Gasteiger partial charge in [0.1, 0.15) is 5.82 Å². The Balaban J connectivity index is 2.12. The van der Waals surface area contributed by atoms with Gasteiger partial charge in [-0.3, -0.25) is 5.43 Å². The average Bonchev–Trinajstić information content (AvgIpc) is 2.51. The molecule has 0 bridgehead atoms. The van der Waals surface area contributed by atoms with Crippen LogP contribution in [0.2, 0.25) is 0 Å². The fourth-order valence-electron chi connectivity index (χ4n) is 1.75. The van der Waals surface area contributed by atoms with Gasteiger partial charge in [-0.1, -0.05) is 15.9 Å². The van der Waals surface area contributed by atoms with Crippen molar-refractivity contribution in [1.82, 2.24) is 4.98 Å². The number of aromatic hydroxyl groups is 1. The summed E-state index contributed by atoms with van der Waals surface area (Å²) in [5.41, 5.74) is 2.02. The van der Waals surface area contributed by atoms with Gasteiger partial charge >= 0.3 is 6.18 Å². The van der Waals surface area contributed by atoms with Crippen molar-refractivity contribution in [3.05, 3.63) is 46.1 Å². The minimum Gasteiger partial charge on any atom is -0.504 e. The second-order valence-electron chi connectivity index (χ2n) is 4.57. The van der Waals surface area contributed by atoms with Crippen LogP contribution >= 0.6 is 15.9 Å². The number of rotatable bonds is 5. The standard InChI is InChI=1S/C15H13BrF3N3O2/c1-2-24-12-6-11(16)5-9(14(12)23)7-21-22-13-4-3-10(8-20-13)15(17,18)19/h3-8,23H,2H2,1H3,(H,20,22)/b21-7-. The summed E-state index contributed by atoms with van der Waals surface area (Å²) in [6.07, 6.45) is -2.42. The molecule has 0 saturated carbocycles. The lowest BCUT2D eigenvalue weighted by atomic mass is 10.2. The summed E-state index contributed by atoms with van der Waals surface area (Å²) in [7, 11) is 0. The first-order valence-corrected chi connectivity index (χ1v) is 7.58. The van der Waals surface area contributed by atoms with Crippen LogP contribution in [0.15, 0.2) is 40.0 Å². The molecule has 5 nitrogen and oxygen atoms in total. The second-order valence-corrected chi connectivity index (χ2v) is 5.49. The number of hydrazone groups is 1. The Morgan fingerprint density at radius 3 is 2.71 bits per heavy atom. The lowest BCUT2D eigenvalue weighted by Gasteiger charge is -2.09. The SMILES string of the molecule is CCOc1cc(Br)cc(/C=N\Nc2ccc(C(F)(F)F)cn2)c1O. The number of hydrogen-bond donors (Lipinski definition) is 2. The largest absolute Gasteiger partial charge is 0.504 e. The first-order chi connectivity index (χ1) is 11.3. The zero-order valence-corrected chi connectivity index (χ0v) is 14.0. The molecule has 0 spiro atoms. The average molecular weight is 404 g/mol. The van der Waals surface area contributed by atoms with Crippen LogP contribution in [0.1, 0.15) is 18.1 Å². The van der Waals surface area contributed by atoms with Crippen LogP contribution in [0.3, 0.4) is 0 Å². The number of hydrogen-bond acceptors (Lipinski definition) is 5.